The standard InChI is InChI=1S/C23H34N2O3/c1-27-22-13-18(24-23(25-22)16-7-2-4-8-19(16)26)14-10-11-21-17(12-14)15-6-3-5-9-20(15)28-21/h14,16-17,19,21-22,26H,2-13H2,1H3. The number of methoxy groups -OCH3 is 1. The van der Waals surface area contributed by atoms with E-state index in [9.17, 15) is 5.11 Å². The first-order valence-electron chi connectivity index (χ1n) is 11.5. The molecule has 5 nitrogen and oxygen atoms in total. The second kappa shape index (κ2) is 7.91. The third-order valence-corrected chi connectivity index (χ3v) is 7.71. The van der Waals surface area contributed by atoms with Crippen molar-refractivity contribution in [3.63, 3.8) is 0 Å². The van der Waals surface area contributed by atoms with Gasteiger partial charge in [0.25, 0.3) is 0 Å². The minimum absolute atomic E-state index is 0.0838. The topological polar surface area (TPSA) is 63.4 Å². The number of amidine groups is 1. The average molecular weight is 387 g/mol. The number of aliphatic hydroxyl groups excluding tert-OH is 1. The monoisotopic (exact) mass is 386 g/mol. The van der Waals surface area contributed by atoms with Gasteiger partial charge in [0.15, 0.2) is 6.23 Å². The van der Waals surface area contributed by atoms with Gasteiger partial charge in [0.2, 0.25) is 0 Å². The van der Waals surface area contributed by atoms with Crippen LogP contribution in [-0.4, -0.2) is 42.2 Å². The normalized spacial score (nSPS) is 40.9. The van der Waals surface area contributed by atoms with Gasteiger partial charge in [-0.25, -0.2) is 9.98 Å². The number of fused-ring (bicyclic) bond motifs is 2. The Morgan fingerprint density at radius 1 is 1.00 bits per heavy atom. The minimum atomic E-state index is -0.304. The number of hydrogen-bond donors (Lipinski definition) is 1. The predicted octanol–water partition coefficient (Wildman–Crippen LogP) is 4.40. The summed E-state index contributed by atoms with van der Waals surface area (Å²) < 4.78 is 12.0. The van der Waals surface area contributed by atoms with E-state index in [1.165, 1.54) is 37.2 Å². The van der Waals surface area contributed by atoms with Crippen molar-refractivity contribution in [2.24, 2.45) is 27.7 Å². The largest absolute Gasteiger partial charge is 0.494 e. The zero-order valence-electron chi connectivity index (χ0n) is 17.1. The van der Waals surface area contributed by atoms with Gasteiger partial charge in [-0.05, 0) is 62.9 Å². The van der Waals surface area contributed by atoms with Crippen LogP contribution in [0.5, 0.6) is 0 Å². The average Bonchev–Trinajstić information content (AvgIpc) is 3.11. The zero-order chi connectivity index (χ0) is 19.1. The lowest BCUT2D eigenvalue weighted by molar-refractivity contribution is 0.0687. The second-order valence-corrected chi connectivity index (χ2v) is 9.37. The molecular weight excluding hydrogens is 352 g/mol. The van der Waals surface area contributed by atoms with E-state index >= 15 is 0 Å². The summed E-state index contributed by atoms with van der Waals surface area (Å²) in [5.74, 6) is 3.36. The number of ether oxygens (including phenoxy) is 2. The maximum Gasteiger partial charge on any atom is 0.155 e. The van der Waals surface area contributed by atoms with Crippen LogP contribution in [-0.2, 0) is 9.47 Å². The molecule has 6 unspecified atom stereocenters. The molecule has 3 aliphatic carbocycles. The number of aliphatic hydroxyl groups is 1. The fourth-order valence-corrected chi connectivity index (χ4v) is 6.14. The van der Waals surface area contributed by atoms with E-state index in [2.05, 4.69) is 0 Å². The van der Waals surface area contributed by atoms with Crippen LogP contribution in [0.4, 0.5) is 0 Å². The molecule has 5 rings (SSSR count). The van der Waals surface area contributed by atoms with Crippen LogP contribution >= 0.6 is 0 Å². The first kappa shape index (κ1) is 18.8. The van der Waals surface area contributed by atoms with E-state index in [1.54, 1.807) is 12.7 Å². The molecule has 2 aliphatic heterocycles. The molecule has 0 spiro atoms. The highest BCUT2D eigenvalue weighted by molar-refractivity contribution is 6.02. The molecule has 28 heavy (non-hydrogen) atoms. The lowest BCUT2D eigenvalue weighted by Gasteiger charge is -2.36. The Morgan fingerprint density at radius 3 is 2.71 bits per heavy atom. The van der Waals surface area contributed by atoms with Crippen LogP contribution in [0.25, 0.3) is 0 Å². The number of aliphatic imine (C=N–C) groups is 2. The molecule has 0 radical (unpaired) electrons. The van der Waals surface area contributed by atoms with Gasteiger partial charge in [-0.1, -0.05) is 12.8 Å². The Balaban J connectivity index is 1.36. The van der Waals surface area contributed by atoms with Crippen LogP contribution in [0.15, 0.2) is 21.3 Å². The summed E-state index contributed by atoms with van der Waals surface area (Å²) in [7, 11) is 1.74. The molecule has 0 aromatic rings. The van der Waals surface area contributed by atoms with E-state index < -0.39 is 0 Å². The number of nitrogens with zero attached hydrogens (tertiary/aromatic N) is 2. The smallest absolute Gasteiger partial charge is 0.155 e. The Labute approximate surface area is 168 Å². The highest BCUT2D eigenvalue weighted by atomic mass is 16.5. The summed E-state index contributed by atoms with van der Waals surface area (Å²) >= 11 is 0. The highest BCUT2D eigenvalue weighted by Crippen LogP contribution is 2.48. The van der Waals surface area contributed by atoms with Crippen molar-refractivity contribution in [3.05, 3.63) is 11.3 Å². The van der Waals surface area contributed by atoms with Crippen LogP contribution in [0.2, 0.25) is 0 Å². The predicted molar refractivity (Wildman–Crippen MR) is 109 cm³/mol. The van der Waals surface area contributed by atoms with Gasteiger partial charge in [-0.15, -0.1) is 0 Å². The van der Waals surface area contributed by atoms with Crippen LogP contribution in [0.1, 0.15) is 77.0 Å². The van der Waals surface area contributed by atoms with E-state index in [0.29, 0.717) is 17.9 Å². The van der Waals surface area contributed by atoms with E-state index in [-0.39, 0.29) is 18.2 Å². The van der Waals surface area contributed by atoms with Gasteiger partial charge in [0.05, 0.1) is 11.9 Å². The van der Waals surface area contributed by atoms with Crippen LogP contribution in [0, 0.1) is 17.8 Å². The molecule has 154 valence electrons. The van der Waals surface area contributed by atoms with Gasteiger partial charge < -0.3 is 14.6 Å². The molecule has 0 amide bonds. The molecule has 5 heteroatoms. The first-order valence-corrected chi connectivity index (χ1v) is 11.5. The van der Waals surface area contributed by atoms with Crippen molar-refractivity contribution in [3.8, 4) is 0 Å². The lowest BCUT2D eigenvalue weighted by Crippen LogP contribution is -2.38. The maximum atomic E-state index is 10.5. The van der Waals surface area contributed by atoms with Crippen LogP contribution in [0.3, 0.4) is 0 Å². The Bertz CT molecular complexity index is 698. The highest BCUT2D eigenvalue weighted by Gasteiger charge is 2.43. The molecule has 6 atom stereocenters. The van der Waals surface area contributed by atoms with Crippen molar-refractivity contribution in [1.82, 2.24) is 0 Å². The van der Waals surface area contributed by atoms with Crippen molar-refractivity contribution in [2.75, 3.05) is 7.11 Å². The van der Waals surface area contributed by atoms with E-state index in [0.717, 1.165) is 57.2 Å². The SMILES string of the molecule is COC1CC(C2CCC3OC4=C(CCCC4)C3C2)=NC(C2CCCCC2O)=N1. The van der Waals surface area contributed by atoms with Crippen molar-refractivity contribution < 1.29 is 14.6 Å². The molecule has 1 N–H and O–H groups in total. The summed E-state index contributed by atoms with van der Waals surface area (Å²) in [6, 6.07) is 0. The van der Waals surface area contributed by atoms with E-state index in [4.69, 9.17) is 19.5 Å². The fourth-order valence-electron chi connectivity index (χ4n) is 6.14. The second-order valence-electron chi connectivity index (χ2n) is 9.37. The molecule has 0 saturated heterocycles. The molecule has 5 aliphatic rings. The summed E-state index contributed by atoms with van der Waals surface area (Å²) in [6.45, 7) is 0. The van der Waals surface area contributed by atoms with Gasteiger partial charge in [0.1, 0.15) is 11.9 Å². The van der Waals surface area contributed by atoms with Gasteiger partial charge in [0, 0.05) is 37.5 Å². The van der Waals surface area contributed by atoms with Gasteiger partial charge >= 0.3 is 0 Å². The number of hydrogen-bond acceptors (Lipinski definition) is 5. The summed E-state index contributed by atoms with van der Waals surface area (Å²) in [6.07, 6.45) is 13.3. The van der Waals surface area contributed by atoms with Crippen molar-refractivity contribution in [2.45, 2.75) is 95.5 Å². The third kappa shape index (κ3) is 3.45. The molecule has 0 bridgehead atoms. The van der Waals surface area contributed by atoms with Crippen LogP contribution < -0.4 is 0 Å². The van der Waals surface area contributed by atoms with Gasteiger partial charge in [-0.2, -0.15) is 0 Å². The summed E-state index contributed by atoms with van der Waals surface area (Å²) in [5, 5.41) is 10.5. The molecule has 2 heterocycles. The first-order chi connectivity index (χ1) is 13.7. The minimum Gasteiger partial charge on any atom is -0.494 e. The van der Waals surface area contributed by atoms with Gasteiger partial charge in [-0.3, -0.25) is 0 Å². The third-order valence-electron chi connectivity index (χ3n) is 7.71. The Hall–Kier alpha value is -1.20. The summed E-state index contributed by atoms with van der Waals surface area (Å²) in [4.78, 5) is 9.83. The Kier molecular flexibility index (Phi) is 5.31. The molecular formula is C23H34N2O3. The molecule has 0 aromatic heterocycles. The quantitative estimate of drug-likeness (QED) is 0.782. The van der Waals surface area contributed by atoms with Crippen molar-refractivity contribution >= 4 is 11.5 Å². The van der Waals surface area contributed by atoms with E-state index in [1.807, 2.05) is 0 Å². The Morgan fingerprint density at radius 2 is 1.86 bits per heavy atom. The summed E-state index contributed by atoms with van der Waals surface area (Å²) in [5.41, 5.74) is 2.88. The maximum absolute atomic E-state index is 10.5. The zero-order valence-corrected chi connectivity index (χ0v) is 17.1. The number of rotatable bonds is 3. The fraction of sp³-hybridized carbons (Fsp3) is 0.826. The molecule has 0 aromatic carbocycles. The molecule has 2 fully saturated rings. The van der Waals surface area contributed by atoms with Crippen molar-refractivity contribution in [1.29, 1.82) is 0 Å². The number of allylic oxidation sites excluding steroid dienone is 1. The molecule has 2 saturated carbocycles. The lowest BCUT2D eigenvalue weighted by atomic mass is 9.72.